The minimum Gasteiger partial charge on any atom is -0.399 e. The summed E-state index contributed by atoms with van der Waals surface area (Å²) in [6.45, 7) is 5.57. The van der Waals surface area contributed by atoms with Gasteiger partial charge < -0.3 is 11.1 Å². The predicted molar refractivity (Wildman–Crippen MR) is 79.7 cm³/mol. The Morgan fingerprint density at radius 3 is 3.05 bits per heavy atom. The molecule has 2 aromatic rings. The summed E-state index contributed by atoms with van der Waals surface area (Å²) >= 11 is 0. The quantitative estimate of drug-likeness (QED) is 0.646. The summed E-state index contributed by atoms with van der Waals surface area (Å²) in [5, 5.41) is 7.12. The van der Waals surface area contributed by atoms with Crippen molar-refractivity contribution in [2.24, 2.45) is 0 Å². The van der Waals surface area contributed by atoms with Gasteiger partial charge in [-0.15, -0.1) is 6.58 Å². The van der Waals surface area contributed by atoms with Gasteiger partial charge in [0.15, 0.2) is 5.69 Å². The molecule has 0 bridgehead atoms. The highest BCUT2D eigenvalue weighted by atomic mass is 16.2. The minimum absolute atomic E-state index is 0.0394. The van der Waals surface area contributed by atoms with Crippen molar-refractivity contribution >= 4 is 11.6 Å². The molecule has 104 valence electrons. The number of nitrogen functional groups attached to an aromatic ring is 1. The van der Waals surface area contributed by atoms with Gasteiger partial charge in [0.1, 0.15) is 0 Å². The van der Waals surface area contributed by atoms with Crippen LogP contribution in [-0.2, 0) is 0 Å². The van der Waals surface area contributed by atoms with E-state index in [1.807, 2.05) is 19.1 Å². The molecular weight excluding hydrogens is 252 g/mol. The molecule has 1 amide bonds. The molecule has 0 saturated carbocycles. The van der Waals surface area contributed by atoms with Crippen LogP contribution in [0.3, 0.4) is 0 Å². The Bertz CT molecular complexity index is 618. The molecule has 2 rings (SSSR count). The summed E-state index contributed by atoms with van der Waals surface area (Å²) in [6, 6.07) is 9.05. The van der Waals surface area contributed by atoms with Crippen molar-refractivity contribution in [3.05, 3.63) is 54.9 Å². The van der Waals surface area contributed by atoms with Crippen LogP contribution in [0.5, 0.6) is 0 Å². The van der Waals surface area contributed by atoms with E-state index in [2.05, 4.69) is 17.0 Å². The molecule has 0 fully saturated rings. The Kier molecular flexibility index (Phi) is 4.20. The van der Waals surface area contributed by atoms with Crippen molar-refractivity contribution in [2.45, 2.75) is 19.4 Å². The summed E-state index contributed by atoms with van der Waals surface area (Å²) < 4.78 is 1.63. The lowest BCUT2D eigenvalue weighted by molar-refractivity contribution is 0.0935. The van der Waals surface area contributed by atoms with E-state index in [0.717, 1.165) is 12.1 Å². The second-order valence-electron chi connectivity index (χ2n) is 4.64. The number of anilines is 1. The Morgan fingerprint density at radius 2 is 2.35 bits per heavy atom. The number of rotatable bonds is 5. The number of hydrogen-bond acceptors (Lipinski definition) is 3. The number of benzene rings is 1. The first kappa shape index (κ1) is 13.9. The van der Waals surface area contributed by atoms with Gasteiger partial charge in [-0.05, 0) is 37.6 Å². The van der Waals surface area contributed by atoms with Gasteiger partial charge in [-0.1, -0.05) is 12.1 Å². The predicted octanol–water partition coefficient (Wildman–Crippen LogP) is 2.15. The Morgan fingerprint density at radius 1 is 1.55 bits per heavy atom. The van der Waals surface area contributed by atoms with Crippen LogP contribution >= 0.6 is 0 Å². The maximum Gasteiger partial charge on any atom is 0.272 e. The molecule has 0 spiro atoms. The maximum atomic E-state index is 12.0. The van der Waals surface area contributed by atoms with Crippen molar-refractivity contribution in [1.82, 2.24) is 15.1 Å². The van der Waals surface area contributed by atoms with Crippen LogP contribution in [0.4, 0.5) is 5.69 Å². The first-order valence-electron chi connectivity index (χ1n) is 6.43. The number of amides is 1. The van der Waals surface area contributed by atoms with E-state index in [4.69, 9.17) is 5.73 Å². The van der Waals surface area contributed by atoms with Crippen molar-refractivity contribution in [3.8, 4) is 5.69 Å². The third kappa shape index (κ3) is 3.26. The number of carbonyl (C=O) groups is 1. The highest BCUT2D eigenvalue weighted by Crippen LogP contribution is 2.11. The topological polar surface area (TPSA) is 72.9 Å². The first-order chi connectivity index (χ1) is 9.60. The van der Waals surface area contributed by atoms with Gasteiger partial charge in [-0.25, -0.2) is 4.68 Å². The molecule has 1 atom stereocenters. The second-order valence-corrected chi connectivity index (χ2v) is 4.64. The molecular formula is C15H18N4O. The minimum atomic E-state index is -0.193. The van der Waals surface area contributed by atoms with Crippen molar-refractivity contribution < 1.29 is 4.79 Å². The van der Waals surface area contributed by atoms with E-state index in [1.54, 1.807) is 35.2 Å². The standard InChI is InChI=1S/C15H18N4O/c1-3-5-11(2)17-15(20)14-8-9-19(18-14)13-7-4-6-12(16)10-13/h3-4,6-11H,1,5,16H2,2H3,(H,17,20). The van der Waals surface area contributed by atoms with Crippen LogP contribution in [0.1, 0.15) is 23.8 Å². The number of nitrogens with one attached hydrogen (secondary N) is 1. The number of hydrogen-bond donors (Lipinski definition) is 2. The Balaban J connectivity index is 2.12. The van der Waals surface area contributed by atoms with Crippen LogP contribution in [0.2, 0.25) is 0 Å². The molecule has 0 radical (unpaired) electrons. The van der Waals surface area contributed by atoms with Gasteiger partial charge >= 0.3 is 0 Å². The highest BCUT2D eigenvalue weighted by molar-refractivity contribution is 5.92. The van der Waals surface area contributed by atoms with Crippen LogP contribution in [-0.4, -0.2) is 21.7 Å². The monoisotopic (exact) mass is 270 g/mol. The smallest absolute Gasteiger partial charge is 0.272 e. The lowest BCUT2D eigenvalue weighted by Crippen LogP contribution is -2.32. The third-order valence-electron chi connectivity index (χ3n) is 2.85. The van der Waals surface area contributed by atoms with Gasteiger partial charge in [0, 0.05) is 17.9 Å². The Hall–Kier alpha value is -2.56. The Labute approximate surface area is 118 Å². The fourth-order valence-electron chi connectivity index (χ4n) is 1.86. The van der Waals surface area contributed by atoms with Gasteiger partial charge in [0.25, 0.3) is 5.91 Å². The normalized spacial score (nSPS) is 11.8. The van der Waals surface area contributed by atoms with E-state index in [-0.39, 0.29) is 11.9 Å². The van der Waals surface area contributed by atoms with Gasteiger partial charge in [-0.2, -0.15) is 5.10 Å². The molecule has 5 nitrogen and oxygen atoms in total. The van der Waals surface area contributed by atoms with Crippen LogP contribution in [0.15, 0.2) is 49.2 Å². The first-order valence-corrected chi connectivity index (χ1v) is 6.43. The van der Waals surface area contributed by atoms with E-state index in [1.165, 1.54) is 0 Å². The summed E-state index contributed by atoms with van der Waals surface area (Å²) in [5.41, 5.74) is 7.59. The molecule has 0 saturated heterocycles. The highest BCUT2D eigenvalue weighted by Gasteiger charge is 2.12. The molecule has 0 aliphatic rings. The largest absolute Gasteiger partial charge is 0.399 e. The number of aromatic nitrogens is 2. The average molecular weight is 270 g/mol. The molecule has 1 aromatic heterocycles. The maximum absolute atomic E-state index is 12.0. The summed E-state index contributed by atoms with van der Waals surface area (Å²) in [7, 11) is 0. The molecule has 3 N–H and O–H groups in total. The van der Waals surface area contributed by atoms with E-state index >= 15 is 0 Å². The molecule has 1 heterocycles. The molecule has 1 unspecified atom stereocenters. The number of nitrogens with zero attached hydrogens (tertiary/aromatic N) is 2. The van der Waals surface area contributed by atoms with Crippen LogP contribution in [0, 0.1) is 0 Å². The van der Waals surface area contributed by atoms with Crippen LogP contribution < -0.4 is 11.1 Å². The zero-order valence-electron chi connectivity index (χ0n) is 11.4. The van der Waals surface area contributed by atoms with E-state index < -0.39 is 0 Å². The van der Waals surface area contributed by atoms with Gasteiger partial charge in [0.05, 0.1) is 5.69 Å². The van der Waals surface area contributed by atoms with Gasteiger partial charge in [-0.3, -0.25) is 4.79 Å². The molecule has 1 aromatic carbocycles. The number of carbonyl (C=O) groups excluding carboxylic acids is 1. The van der Waals surface area contributed by atoms with Crippen LogP contribution in [0.25, 0.3) is 5.69 Å². The average Bonchev–Trinajstić information content (AvgIpc) is 2.88. The molecule has 5 heteroatoms. The SMILES string of the molecule is C=CCC(C)NC(=O)c1ccn(-c2cccc(N)c2)n1. The van der Waals surface area contributed by atoms with Crippen molar-refractivity contribution in [3.63, 3.8) is 0 Å². The third-order valence-corrected chi connectivity index (χ3v) is 2.85. The zero-order valence-corrected chi connectivity index (χ0v) is 11.4. The lowest BCUT2D eigenvalue weighted by atomic mass is 10.2. The van der Waals surface area contributed by atoms with Crippen molar-refractivity contribution in [1.29, 1.82) is 0 Å². The molecule has 20 heavy (non-hydrogen) atoms. The van der Waals surface area contributed by atoms with Crippen molar-refractivity contribution in [2.75, 3.05) is 5.73 Å². The van der Waals surface area contributed by atoms with E-state index in [9.17, 15) is 4.79 Å². The fourth-order valence-corrected chi connectivity index (χ4v) is 1.86. The zero-order chi connectivity index (χ0) is 14.5. The number of nitrogens with two attached hydrogens (primary N) is 1. The van der Waals surface area contributed by atoms with E-state index in [0.29, 0.717) is 11.4 Å². The second kappa shape index (κ2) is 6.06. The summed E-state index contributed by atoms with van der Waals surface area (Å²) in [4.78, 5) is 12.0. The molecule has 0 aliphatic carbocycles. The fraction of sp³-hybridized carbons (Fsp3) is 0.200. The lowest BCUT2D eigenvalue weighted by Gasteiger charge is -2.09. The van der Waals surface area contributed by atoms with Gasteiger partial charge in [0.2, 0.25) is 0 Å². The summed E-state index contributed by atoms with van der Waals surface area (Å²) in [5.74, 6) is -0.193. The molecule has 0 aliphatic heterocycles. The summed E-state index contributed by atoms with van der Waals surface area (Å²) in [6.07, 6.45) is 4.24.